The summed E-state index contributed by atoms with van der Waals surface area (Å²) < 4.78 is 35.7. The molecule has 0 spiro atoms. The third-order valence-corrected chi connectivity index (χ3v) is 5.69. The highest BCUT2D eigenvalue weighted by Crippen LogP contribution is 2.25. The van der Waals surface area contributed by atoms with Crippen molar-refractivity contribution in [1.82, 2.24) is 9.78 Å². The van der Waals surface area contributed by atoms with Crippen LogP contribution in [0.3, 0.4) is 0 Å². The van der Waals surface area contributed by atoms with Crippen molar-refractivity contribution >= 4 is 26.8 Å². The van der Waals surface area contributed by atoms with Gasteiger partial charge >= 0.3 is 5.97 Å². The van der Waals surface area contributed by atoms with Crippen LogP contribution in [0.1, 0.15) is 10.5 Å². The molecule has 0 fully saturated rings. The average Bonchev–Trinajstić information content (AvgIpc) is 3.07. The van der Waals surface area contributed by atoms with E-state index < -0.39 is 26.8 Å². The van der Waals surface area contributed by atoms with Gasteiger partial charge in [-0.25, -0.2) is 23.0 Å². The number of carboxylic acids is 1. The number of hydrogen-bond acceptors (Lipinski definition) is 5. The van der Waals surface area contributed by atoms with Crippen LogP contribution in [0.2, 0.25) is 0 Å². The summed E-state index contributed by atoms with van der Waals surface area (Å²) in [7, 11) is -4.97. The van der Waals surface area contributed by atoms with Gasteiger partial charge in [-0.1, -0.05) is 12.1 Å². The molecule has 0 saturated carbocycles. The summed E-state index contributed by atoms with van der Waals surface area (Å²) in [4.78, 5) is 11.9. The Kier molecular flexibility index (Phi) is 4.96. The summed E-state index contributed by atoms with van der Waals surface area (Å²) in [6, 6.07) is 13.8. The molecule has 0 aliphatic carbocycles. The van der Waals surface area contributed by atoms with Gasteiger partial charge in [0.15, 0.2) is 5.69 Å². The van der Waals surface area contributed by atoms with E-state index in [4.69, 9.17) is 5.14 Å². The highest BCUT2D eigenvalue weighted by atomic mass is 32.2. The Morgan fingerprint density at radius 2 is 1.70 bits per heavy atom. The largest absolute Gasteiger partial charge is 0.476 e. The van der Waals surface area contributed by atoms with E-state index in [1.54, 1.807) is 30.5 Å². The number of nitrogens with two attached hydrogens (primary N) is 1. The van der Waals surface area contributed by atoms with Crippen LogP contribution < -0.4 is 5.14 Å². The Hall–Kier alpha value is -2.82. The average molecular weight is 405 g/mol. The molecule has 3 aromatic rings. The third kappa shape index (κ3) is 3.97. The minimum absolute atomic E-state index is 0.0619. The first kappa shape index (κ1) is 19.0. The van der Waals surface area contributed by atoms with Gasteiger partial charge in [-0.15, -0.1) is 0 Å². The fourth-order valence-corrected chi connectivity index (χ4v) is 3.52. The molecule has 0 saturated heterocycles. The third-order valence-electron chi connectivity index (χ3n) is 3.82. The standard InChI is InChI=1S/C17H15N3O5S2/c1-26(23)13-6-2-11(3-7-13)16-10-15(17(21)22)19-20(16)12-4-8-14(9-5-12)27(18,24)25/h2-10H,1H3,(H,21,22)(H2,18,24,25). The molecular weight excluding hydrogens is 390 g/mol. The molecule has 3 N–H and O–H groups in total. The number of nitrogens with zero attached hydrogens (tertiary/aromatic N) is 2. The van der Waals surface area contributed by atoms with Gasteiger partial charge in [-0.2, -0.15) is 5.10 Å². The second-order valence-corrected chi connectivity index (χ2v) is 8.59. The molecule has 3 rings (SSSR count). The van der Waals surface area contributed by atoms with E-state index in [0.29, 0.717) is 21.8 Å². The minimum atomic E-state index is -3.84. The van der Waals surface area contributed by atoms with Crippen LogP contribution in [0, 0.1) is 0 Å². The molecule has 0 aliphatic rings. The molecule has 140 valence electrons. The fourth-order valence-electron chi connectivity index (χ4n) is 2.48. The normalized spacial score (nSPS) is 12.7. The molecule has 1 unspecified atom stereocenters. The van der Waals surface area contributed by atoms with E-state index in [-0.39, 0.29) is 10.6 Å². The zero-order valence-electron chi connectivity index (χ0n) is 14.1. The smallest absolute Gasteiger partial charge is 0.356 e. The van der Waals surface area contributed by atoms with Crippen molar-refractivity contribution in [3.8, 4) is 16.9 Å². The van der Waals surface area contributed by atoms with E-state index in [9.17, 15) is 22.5 Å². The van der Waals surface area contributed by atoms with Crippen molar-refractivity contribution in [3.63, 3.8) is 0 Å². The summed E-state index contributed by atoms with van der Waals surface area (Å²) in [5.41, 5.74) is 1.46. The Morgan fingerprint density at radius 3 is 2.19 bits per heavy atom. The Bertz CT molecular complexity index is 1130. The number of carboxylic acid groups (broad SMARTS) is 1. The Balaban J connectivity index is 2.12. The number of rotatable bonds is 5. The number of primary sulfonamides is 1. The number of benzene rings is 2. The maximum Gasteiger partial charge on any atom is 0.356 e. The van der Waals surface area contributed by atoms with Crippen molar-refractivity contribution < 1.29 is 22.5 Å². The number of carbonyl (C=O) groups is 1. The van der Waals surface area contributed by atoms with Crippen LogP contribution >= 0.6 is 0 Å². The number of aromatic carboxylic acids is 1. The summed E-state index contributed by atoms with van der Waals surface area (Å²) in [5, 5.41) is 18.5. The van der Waals surface area contributed by atoms with E-state index in [1.807, 2.05) is 0 Å². The van der Waals surface area contributed by atoms with Gasteiger partial charge in [0.05, 0.1) is 16.3 Å². The second-order valence-electron chi connectivity index (χ2n) is 5.65. The minimum Gasteiger partial charge on any atom is -0.476 e. The lowest BCUT2D eigenvalue weighted by Crippen LogP contribution is -2.12. The van der Waals surface area contributed by atoms with Crippen LogP contribution in [-0.2, 0) is 20.8 Å². The molecule has 1 heterocycles. The number of sulfonamides is 1. The van der Waals surface area contributed by atoms with Crippen molar-refractivity contribution in [2.45, 2.75) is 9.79 Å². The molecule has 1 atom stereocenters. The Morgan fingerprint density at radius 1 is 1.11 bits per heavy atom. The lowest BCUT2D eigenvalue weighted by molar-refractivity contribution is 0.0690. The zero-order chi connectivity index (χ0) is 19.8. The summed E-state index contributed by atoms with van der Waals surface area (Å²) >= 11 is 0. The molecule has 0 aliphatic heterocycles. The molecule has 8 nitrogen and oxygen atoms in total. The van der Waals surface area contributed by atoms with Gasteiger partial charge in [0.1, 0.15) is 0 Å². The lowest BCUT2D eigenvalue weighted by atomic mass is 10.1. The van der Waals surface area contributed by atoms with Gasteiger partial charge in [-0.05, 0) is 42.5 Å². The van der Waals surface area contributed by atoms with Crippen LogP contribution in [0.15, 0.2) is 64.4 Å². The maximum absolute atomic E-state index is 11.5. The van der Waals surface area contributed by atoms with Crippen LogP contribution in [0.4, 0.5) is 0 Å². The highest BCUT2D eigenvalue weighted by Gasteiger charge is 2.17. The molecule has 10 heteroatoms. The monoisotopic (exact) mass is 405 g/mol. The molecule has 0 bridgehead atoms. The predicted molar refractivity (Wildman–Crippen MR) is 99.7 cm³/mol. The van der Waals surface area contributed by atoms with Gasteiger partial charge in [-0.3, -0.25) is 4.21 Å². The molecule has 1 aromatic heterocycles. The fraction of sp³-hybridized carbons (Fsp3) is 0.0588. The molecule has 0 amide bonds. The summed E-state index contributed by atoms with van der Waals surface area (Å²) in [5.74, 6) is -1.19. The topological polar surface area (TPSA) is 132 Å². The van der Waals surface area contributed by atoms with Crippen molar-refractivity contribution in [3.05, 3.63) is 60.3 Å². The second kappa shape index (κ2) is 7.06. The van der Waals surface area contributed by atoms with Crippen molar-refractivity contribution in [2.75, 3.05) is 6.26 Å². The number of hydrogen-bond donors (Lipinski definition) is 2. The van der Waals surface area contributed by atoms with E-state index in [1.165, 1.54) is 35.0 Å². The lowest BCUT2D eigenvalue weighted by Gasteiger charge is -2.09. The first-order chi connectivity index (χ1) is 12.7. The quantitative estimate of drug-likeness (QED) is 0.663. The van der Waals surface area contributed by atoms with Gasteiger partial charge in [0, 0.05) is 27.5 Å². The molecular formula is C17H15N3O5S2. The summed E-state index contributed by atoms with van der Waals surface area (Å²) in [6.07, 6.45) is 1.56. The van der Waals surface area contributed by atoms with Crippen molar-refractivity contribution in [1.29, 1.82) is 0 Å². The first-order valence-electron chi connectivity index (χ1n) is 7.57. The maximum atomic E-state index is 11.5. The highest BCUT2D eigenvalue weighted by molar-refractivity contribution is 7.89. The SMILES string of the molecule is CS(=O)c1ccc(-c2cc(C(=O)O)nn2-c2ccc(S(N)(=O)=O)cc2)cc1. The van der Waals surface area contributed by atoms with Gasteiger partial charge in [0.25, 0.3) is 0 Å². The van der Waals surface area contributed by atoms with Gasteiger partial charge < -0.3 is 5.11 Å². The summed E-state index contributed by atoms with van der Waals surface area (Å²) in [6.45, 7) is 0. The van der Waals surface area contributed by atoms with Crippen molar-refractivity contribution in [2.24, 2.45) is 5.14 Å². The predicted octanol–water partition coefficient (Wildman–Crippen LogP) is 1.62. The first-order valence-corrected chi connectivity index (χ1v) is 10.7. The van der Waals surface area contributed by atoms with Crippen LogP contribution in [0.25, 0.3) is 16.9 Å². The number of aromatic nitrogens is 2. The molecule has 2 aromatic carbocycles. The van der Waals surface area contributed by atoms with Crippen LogP contribution in [0.5, 0.6) is 0 Å². The zero-order valence-corrected chi connectivity index (χ0v) is 15.7. The van der Waals surface area contributed by atoms with Crippen LogP contribution in [-0.4, -0.2) is 39.7 Å². The molecule has 0 radical (unpaired) electrons. The van der Waals surface area contributed by atoms with E-state index in [0.717, 1.165) is 0 Å². The Labute approximate surface area is 157 Å². The molecule has 27 heavy (non-hydrogen) atoms. The van der Waals surface area contributed by atoms with E-state index >= 15 is 0 Å². The van der Waals surface area contributed by atoms with Gasteiger partial charge in [0.2, 0.25) is 10.0 Å². The van der Waals surface area contributed by atoms with E-state index in [2.05, 4.69) is 5.10 Å².